The smallest absolute Gasteiger partial charge is 0.406 e. The Kier molecular flexibility index (Phi) is 8.45. The van der Waals surface area contributed by atoms with Crippen LogP contribution in [0, 0.1) is 0 Å². The average molecular weight is 504 g/mol. The van der Waals surface area contributed by atoms with Gasteiger partial charge in [-0.3, -0.25) is 4.79 Å². The molecule has 0 saturated carbocycles. The van der Waals surface area contributed by atoms with Gasteiger partial charge in [-0.25, -0.2) is 9.78 Å². The molecule has 37 heavy (non-hydrogen) atoms. The molecule has 0 aliphatic carbocycles. The lowest BCUT2D eigenvalue weighted by Gasteiger charge is -2.23. The first-order valence-corrected chi connectivity index (χ1v) is 12.4. The van der Waals surface area contributed by atoms with Gasteiger partial charge < -0.3 is 29.9 Å². The maximum Gasteiger partial charge on any atom is 0.406 e. The van der Waals surface area contributed by atoms with Crippen molar-refractivity contribution in [2.24, 2.45) is 0 Å². The van der Waals surface area contributed by atoms with E-state index >= 15 is 0 Å². The molecule has 0 fully saturated rings. The molecule has 2 amide bonds. The topological polar surface area (TPSA) is 96.0 Å². The molecule has 2 heterocycles. The first-order chi connectivity index (χ1) is 18.0. The SMILES string of the molecule is CCNc1cc2c(cn1)C(=O)N(c1cccc(OC(CCOC(=O)NC)c3ccccc3)c1)CCN2C. The molecule has 1 aromatic heterocycles. The van der Waals surface area contributed by atoms with Gasteiger partial charge in [0.05, 0.1) is 17.9 Å². The fourth-order valence-electron chi connectivity index (χ4n) is 4.25. The van der Waals surface area contributed by atoms with Crippen molar-refractivity contribution in [2.45, 2.75) is 19.4 Å². The van der Waals surface area contributed by atoms with Crippen molar-refractivity contribution in [3.05, 3.63) is 78.0 Å². The highest BCUT2D eigenvalue weighted by Crippen LogP contribution is 2.32. The summed E-state index contributed by atoms with van der Waals surface area (Å²) in [5, 5.41) is 5.66. The lowest BCUT2D eigenvalue weighted by atomic mass is 10.1. The Balaban J connectivity index is 1.56. The first kappa shape index (κ1) is 25.8. The monoisotopic (exact) mass is 503 g/mol. The molecule has 1 atom stereocenters. The number of pyridine rings is 1. The summed E-state index contributed by atoms with van der Waals surface area (Å²) in [4.78, 5) is 33.4. The summed E-state index contributed by atoms with van der Waals surface area (Å²) in [6.07, 6.45) is 1.30. The zero-order valence-corrected chi connectivity index (χ0v) is 21.4. The summed E-state index contributed by atoms with van der Waals surface area (Å²) in [5.74, 6) is 1.26. The number of hydrogen-bond donors (Lipinski definition) is 2. The molecular weight excluding hydrogens is 470 g/mol. The molecule has 4 rings (SSSR count). The molecule has 1 unspecified atom stereocenters. The third kappa shape index (κ3) is 6.30. The number of alkyl carbamates (subject to hydrolysis) is 1. The quantitative estimate of drug-likeness (QED) is 0.445. The van der Waals surface area contributed by atoms with E-state index in [1.807, 2.05) is 74.6 Å². The maximum atomic E-state index is 13.6. The van der Waals surface area contributed by atoms with Crippen molar-refractivity contribution >= 4 is 29.2 Å². The van der Waals surface area contributed by atoms with Gasteiger partial charge in [0, 0.05) is 64.2 Å². The molecule has 1 aliphatic heterocycles. The van der Waals surface area contributed by atoms with Gasteiger partial charge in [-0.2, -0.15) is 0 Å². The van der Waals surface area contributed by atoms with Crippen LogP contribution >= 0.6 is 0 Å². The summed E-state index contributed by atoms with van der Waals surface area (Å²) in [5.41, 5.74) is 3.12. The number of nitrogens with one attached hydrogen (secondary N) is 2. The minimum Gasteiger partial charge on any atom is -0.486 e. The number of nitrogens with zero attached hydrogens (tertiary/aromatic N) is 3. The number of rotatable bonds is 9. The largest absolute Gasteiger partial charge is 0.486 e. The number of carbonyl (C=O) groups excluding carboxylic acids is 2. The molecule has 1 aliphatic rings. The number of carbonyl (C=O) groups is 2. The summed E-state index contributed by atoms with van der Waals surface area (Å²) >= 11 is 0. The predicted octanol–water partition coefficient (Wildman–Crippen LogP) is 4.48. The van der Waals surface area contributed by atoms with Crippen LogP contribution in [-0.2, 0) is 4.74 Å². The Labute approximate surface area is 217 Å². The number of hydrogen-bond acceptors (Lipinski definition) is 7. The zero-order chi connectivity index (χ0) is 26.2. The molecule has 2 N–H and O–H groups in total. The maximum absolute atomic E-state index is 13.6. The zero-order valence-electron chi connectivity index (χ0n) is 21.4. The van der Waals surface area contributed by atoms with Crippen molar-refractivity contribution in [1.29, 1.82) is 0 Å². The fraction of sp³-hybridized carbons (Fsp3) is 0.321. The van der Waals surface area contributed by atoms with E-state index in [-0.39, 0.29) is 18.6 Å². The first-order valence-electron chi connectivity index (χ1n) is 12.4. The van der Waals surface area contributed by atoms with Crippen LogP contribution in [0.15, 0.2) is 66.9 Å². The van der Waals surface area contributed by atoms with Gasteiger partial charge in [0.25, 0.3) is 5.91 Å². The Bertz CT molecular complexity index is 1220. The van der Waals surface area contributed by atoms with Crippen molar-refractivity contribution in [3.63, 3.8) is 0 Å². The normalized spacial score (nSPS) is 13.9. The van der Waals surface area contributed by atoms with Crippen molar-refractivity contribution < 1.29 is 19.1 Å². The van der Waals surface area contributed by atoms with Gasteiger partial charge in [-0.1, -0.05) is 36.4 Å². The Hall–Kier alpha value is -4.27. The number of amides is 2. The highest BCUT2D eigenvalue weighted by molar-refractivity contribution is 6.10. The van der Waals surface area contributed by atoms with E-state index in [4.69, 9.17) is 9.47 Å². The Morgan fingerprint density at radius 2 is 1.92 bits per heavy atom. The third-order valence-corrected chi connectivity index (χ3v) is 6.18. The van der Waals surface area contributed by atoms with Gasteiger partial charge in [0.1, 0.15) is 17.7 Å². The molecule has 9 nitrogen and oxygen atoms in total. The van der Waals surface area contributed by atoms with Crippen LogP contribution in [0.5, 0.6) is 5.75 Å². The number of likely N-dealkylation sites (N-methyl/N-ethyl adjacent to an activating group) is 1. The van der Waals surface area contributed by atoms with Gasteiger partial charge in [-0.15, -0.1) is 0 Å². The van der Waals surface area contributed by atoms with E-state index in [1.165, 1.54) is 7.05 Å². The summed E-state index contributed by atoms with van der Waals surface area (Å²) in [6.45, 7) is 4.16. The fourth-order valence-corrected chi connectivity index (χ4v) is 4.25. The van der Waals surface area contributed by atoms with Crippen LogP contribution in [0.25, 0.3) is 0 Å². The lowest BCUT2D eigenvalue weighted by Crippen LogP contribution is -2.33. The van der Waals surface area contributed by atoms with Crippen LogP contribution in [-0.4, -0.2) is 57.3 Å². The van der Waals surface area contributed by atoms with Gasteiger partial charge in [-0.05, 0) is 24.6 Å². The van der Waals surface area contributed by atoms with Crippen LogP contribution in [0.1, 0.15) is 35.4 Å². The molecule has 194 valence electrons. The third-order valence-electron chi connectivity index (χ3n) is 6.18. The van der Waals surface area contributed by atoms with E-state index in [2.05, 4.69) is 20.5 Å². The van der Waals surface area contributed by atoms with Crippen molar-refractivity contribution in [1.82, 2.24) is 10.3 Å². The predicted molar refractivity (Wildman–Crippen MR) is 145 cm³/mol. The molecule has 9 heteroatoms. The molecule has 0 spiro atoms. The second-order valence-electron chi connectivity index (χ2n) is 8.68. The number of fused-ring (bicyclic) bond motifs is 1. The molecule has 0 bridgehead atoms. The standard InChI is InChI=1S/C28H33N5O4/c1-4-30-26-18-24-23(19-31-26)27(34)33(15-14-32(24)3)21-11-8-12-22(17-21)37-25(13-16-36-28(35)29-2)20-9-6-5-7-10-20/h5-12,17-19,25H,4,13-16H2,1-3H3,(H,29,35)(H,30,31). The molecule has 0 radical (unpaired) electrons. The van der Waals surface area contributed by atoms with E-state index in [0.717, 1.165) is 29.3 Å². The van der Waals surface area contributed by atoms with Gasteiger partial charge in [0.2, 0.25) is 0 Å². The van der Waals surface area contributed by atoms with E-state index in [9.17, 15) is 9.59 Å². The number of aromatic nitrogens is 1. The summed E-state index contributed by atoms with van der Waals surface area (Å²) < 4.78 is 11.6. The van der Waals surface area contributed by atoms with Crippen LogP contribution < -0.4 is 25.2 Å². The second kappa shape index (κ2) is 12.1. The van der Waals surface area contributed by atoms with Gasteiger partial charge >= 0.3 is 6.09 Å². The van der Waals surface area contributed by atoms with Crippen molar-refractivity contribution in [2.75, 3.05) is 55.5 Å². The van der Waals surface area contributed by atoms with E-state index in [0.29, 0.717) is 30.8 Å². The molecular formula is C28H33N5O4. The van der Waals surface area contributed by atoms with Crippen LogP contribution in [0.3, 0.4) is 0 Å². The minimum absolute atomic E-state index is 0.106. The van der Waals surface area contributed by atoms with Gasteiger partial charge in [0.15, 0.2) is 0 Å². The van der Waals surface area contributed by atoms with Crippen LogP contribution in [0.4, 0.5) is 22.0 Å². The number of anilines is 3. The van der Waals surface area contributed by atoms with Crippen LogP contribution in [0.2, 0.25) is 0 Å². The van der Waals surface area contributed by atoms with E-state index in [1.54, 1.807) is 11.1 Å². The van der Waals surface area contributed by atoms with E-state index < -0.39 is 6.09 Å². The lowest BCUT2D eigenvalue weighted by molar-refractivity contribution is 0.0990. The molecule has 2 aromatic carbocycles. The Morgan fingerprint density at radius 3 is 2.68 bits per heavy atom. The average Bonchev–Trinajstić information content (AvgIpc) is 3.04. The summed E-state index contributed by atoms with van der Waals surface area (Å²) in [6, 6.07) is 19.2. The highest BCUT2D eigenvalue weighted by atomic mass is 16.5. The number of ether oxygens (including phenoxy) is 2. The number of benzene rings is 2. The molecule has 0 saturated heterocycles. The second-order valence-corrected chi connectivity index (χ2v) is 8.68. The minimum atomic E-state index is -0.481. The Morgan fingerprint density at radius 1 is 1.11 bits per heavy atom. The van der Waals surface area contributed by atoms with Crippen molar-refractivity contribution in [3.8, 4) is 5.75 Å². The summed E-state index contributed by atoms with van der Waals surface area (Å²) in [7, 11) is 3.51. The highest BCUT2D eigenvalue weighted by Gasteiger charge is 2.27. The molecule has 3 aromatic rings.